The van der Waals surface area contributed by atoms with Crippen molar-refractivity contribution in [3.63, 3.8) is 0 Å². The predicted molar refractivity (Wildman–Crippen MR) is 135 cm³/mol. The van der Waals surface area contributed by atoms with E-state index in [2.05, 4.69) is 0 Å². The zero-order chi connectivity index (χ0) is 24.2. The van der Waals surface area contributed by atoms with Gasteiger partial charge in [0.1, 0.15) is 5.75 Å². The van der Waals surface area contributed by atoms with E-state index in [-0.39, 0.29) is 0 Å². The van der Waals surface area contributed by atoms with Gasteiger partial charge < -0.3 is 14.6 Å². The van der Waals surface area contributed by atoms with Crippen molar-refractivity contribution < 1.29 is 19.4 Å². The van der Waals surface area contributed by atoms with Gasteiger partial charge in [-0.1, -0.05) is 23.7 Å². The molecule has 6 heteroatoms. The summed E-state index contributed by atoms with van der Waals surface area (Å²) in [6.07, 6.45) is 1.46. The summed E-state index contributed by atoms with van der Waals surface area (Å²) < 4.78 is 12.0. The smallest absolute Gasteiger partial charge is 0.337 e. The fourth-order valence-corrected chi connectivity index (χ4v) is 5.03. The molecule has 0 fully saturated rings. The third kappa shape index (κ3) is 3.89. The first kappa shape index (κ1) is 22.6. The zero-order valence-electron chi connectivity index (χ0n) is 19.6. The Kier molecular flexibility index (Phi) is 5.50. The van der Waals surface area contributed by atoms with Crippen molar-refractivity contribution in [1.29, 1.82) is 0 Å². The van der Waals surface area contributed by atoms with Crippen molar-refractivity contribution in [2.45, 2.75) is 45.8 Å². The van der Waals surface area contributed by atoms with Gasteiger partial charge in [-0.2, -0.15) is 0 Å². The van der Waals surface area contributed by atoms with Gasteiger partial charge in [-0.05, 0) is 85.5 Å². The predicted octanol–water partition coefficient (Wildman–Crippen LogP) is 6.89. The van der Waals surface area contributed by atoms with Gasteiger partial charge in [0.25, 0.3) is 0 Å². The second-order valence-electron chi connectivity index (χ2n) is 9.70. The number of aromatic nitrogens is 1. The number of ether oxygens (including phenoxy) is 2. The standard InChI is InChI=1S/C28H26ClNO4/c1-15-13-17-14-18(29)5-6-19(17)24(22(15)26(27(31)32)34-28(2,3)4)20-7-8-21-23-16(10-12-33-21)9-11-30-25(20)23/h5-9,11,13-14,26H,10,12H2,1-4H3,(H,31,32)/t26-/m1/s1. The third-order valence-corrected chi connectivity index (χ3v) is 6.38. The van der Waals surface area contributed by atoms with Gasteiger partial charge >= 0.3 is 5.97 Å². The molecular weight excluding hydrogens is 450 g/mol. The fraction of sp³-hybridized carbons (Fsp3) is 0.286. The second-order valence-corrected chi connectivity index (χ2v) is 10.1. The molecule has 1 N–H and O–H groups in total. The molecule has 2 heterocycles. The molecule has 0 saturated heterocycles. The summed E-state index contributed by atoms with van der Waals surface area (Å²) in [6.45, 7) is 8.13. The number of nitrogens with zero attached hydrogens (tertiary/aromatic N) is 1. The van der Waals surface area contributed by atoms with E-state index in [4.69, 9.17) is 26.1 Å². The minimum Gasteiger partial charge on any atom is -0.493 e. The van der Waals surface area contributed by atoms with Crippen molar-refractivity contribution in [1.82, 2.24) is 4.98 Å². The molecule has 1 aliphatic rings. The Bertz CT molecular complexity index is 1440. The van der Waals surface area contributed by atoms with E-state index in [1.54, 1.807) is 0 Å². The van der Waals surface area contributed by atoms with Crippen molar-refractivity contribution in [3.8, 4) is 16.9 Å². The van der Waals surface area contributed by atoms with Crippen LogP contribution in [-0.2, 0) is 16.0 Å². The van der Waals surface area contributed by atoms with Crippen molar-refractivity contribution in [2.24, 2.45) is 0 Å². The van der Waals surface area contributed by atoms with E-state index >= 15 is 0 Å². The number of rotatable bonds is 4. The van der Waals surface area contributed by atoms with E-state index in [9.17, 15) is 9.90 Å². The number of benzene rings is 3. The monoisotopic (exact) mass is 475 g/mol. The van der Waals surface area contributed by atoms with Gasteiger partial charge in [0.2, 0.25) is 0 Å². The normalized spacial score (nSPS) is 14.3. The summed E-state index contributed by atoms with van der Waals surface area (Å²) in [7, 11) is 0. The Morgan fingerprint density at radius 2 is 1.97 bits per heavy atom. The summed E-state index contributed by atoms with van der Waals surface area (Å²) in [5.74, 6) is -0.234. The zero-order valence-corrected chi connectivity index (χ0v) is 20.4. The van der Waals surface area contributed by atoms with Crippen molar-refractivity contribution in [3.05, 3.63) is 70.4 Å². The quantitative estimate of drug-likeness (QED) is 0.348. The van der Waals surface area contributed by atoms with Crippen molar-refractivity contribution in [2.75, 3.05) is 6.61 Å². The minimum atomic E-state index is -1.16. The van der Waals surface area contributed by atoms with Gasteiger partial charge in [-0.15, -0.1) is 0 Å². The number of halogens is 1. The molecule has 0 spiro atoms. The van der Waals surface area contributed by atoms with E-state index in [0.29, 0.717) is 17.2 Å². The van der Waals surface area contributed by atoms with Crippen LogP contribution < -0.4 is 4.74 Å². The Labute approximate surface area is 203 Å². The number of hydrogen-bond acceptors (Lipinski definition) is 4. The maximum atomic E-state index is 12.5. The van der Waals surface area contributed by atoms with E-state index in [1.807, 2.05) is 76.4 Å². The summed E-state index contributed by atoms with van der Waals surface area (Å²) in [4.78, 5) is 17.3. The SMILES string of the molecule is Cc1cc2cc(Cl)ccc2c(-c2ccc3c4c(ccnc24)CCO3)c1[C@@H](OC(C)(C)C)C(=O)O. The number of pyridine rings is 1. The Balaban J connectivity index is 1.91. The molecule has 3 aromatic carbocycles. The average Bonchev–Trinajstić information content (AvgIpc) is 2.77. The summed E-state index contributed by atoms with van der Waals surface area (Å²) in [5, 5.41) is 13.7. The van der Waals surface area contributed by atoms with Crippen LogP contribution in [0.25, 0.3) is 32.8 Å². The van der Waals surface area contributed by atoms with Gasteiger partial charge in [-0.3, -0.25) is 4.98 Å². The van der Waals surface area contributed by atoms with Crippen LogP contribution in [0.5, 0.6) is 5.75 Å². The molecule has 34 heavy (non-hydrogen) atoms. The van der Waals surface area contributed by atoms with E-state index in [0.717, 1.165) is 50.5 Å². The molecule has 4 aromatic rings. The van der Waals surface area contributed by atoms with Gasteiger partial charge in [0.05, 0.1) is 17.7 Å². The lowest BCUT2D eigenvalue weighted by molar-refractivity contribution is -0.160. The number of carboxylic acids is 1. The molecule has 0 aliphatic carbocycles. The largest absolute Gasteiger partial charge is 0.493 e. The van der Waals surface area contributed by atoms with Crippen LogP contribution in [0.2, 0.25) is 5.02 Å². The van der Waals surface area contributed by atoms with Crippen LogP contribution in [0.4, 0.5) is 0 Å². The van der Waals surface area contributed by atoms with Gasteiger partial charge in [0, 0.05) is 34.2 Å². The first-order valence-corrected chi connectivity index (χ1v) is 11.7. The molecule has 0 bridgehead atoms. The van der Waals surface area contributed by atoms with Crippen LogP contribution in [-0.4, -0.2) is 28.3 Å². The number of fused-ring (bicyclic) bond motifs is 1. The number of carbonyl (C=O) groups is 1. The molecule has 1 atom stereocenters. The number of hydrogen-bond donors (Lipinski definition) is 1. The maximum absolute atomic E-state index is 12.5. The van der Waals surface area contributed by atoms with E-state index < -0.39 is 17.7 Å². The molecule has 1 aromatic heterocycles. The van der Waals surface area contributed by atoms with Crippen LogP contribution in [0.1, 0.15) is 43.6 Å². The number of aryl methyl sites for hydroxylation is 1. The molecule has 0 amide bonds. The van der Waals surface area contributed by atoms with Crippen molar-refractivity contribution >= 4 is 39.2 Å². The first-order valence-electron chi connectivity index (χ1n) is 11.3. The molecule has 0 radical (unpaired) electrons. The van der Waals surface area contributed by atoms with Gasteiger partial charge in [-0.25, -0.2) is 4.79 Å². The summed E-state index contributed by atoms with van der Waals surface area (Å²) in [6, 6.07) is 13.6. The van der Waals surface area contributed by atoms with Crippen LogP contribution in [0.3, 0.4) is 0 Å². The summed E-state index contributed by atoms with van der Waals surface area (Å²) >= 11 is 6.32. The highest BCUT2D eigenvalue weighted by atomic mass is 35.5. The molecule has 0 saturated carbocycles. The van der Waals surface area contributed by atoms with E-state index in [1.165, 1.54) is 5.56 Å². The molecule has 5 rings (SSSR count). The minimum absolute atomic E-state index is 0.620. The van der Waals surface area contributed by atoms with Crippen LogP contribution >= 0.6 is 11.6 Å². The molecule has 5 nitrogen and oxygen atoms in total. The lowest BCUT2D eigenvalue weighted by atomic mass is 9.85. The second kappa shape index (κ2) is 8.26. The summed E-state index contributed by atoms with van der Waals surface area (Å²) in [5.41, 5.74) is 4.39. The number of carboxylic acid groups (broad SMARTS) is 1. The highest BCUT2D eigenvalue weighted by molar-refractivity contribution is 6.31. The molecule has 1 aliphatic heterocycles. The molecule has 0 unspecified atom stereocenters. The highest BCUT2D eigenvalue weighted by Gasteiger charge is 2.32. The highest BCUT2D eigenvalue weighted by Crippen LogP contribution is 2.45. The molecule has 174 valence electrons. The average molecular weight is 476 g/mol. The third-order valence-electron chi connectivity index (χ3n) is 6.15. The number of aliphatic carboxylic acids is 1. The Hall–Kier alpha value is -3.15. The van der Waals surface area contributed by atoms with Crippen LogP contribution in [0.15, 0.2) is 48.7 Å². The van der Waals surface area contributed by atoms with Crippen LogP contribution in [0, 0.1) is 6.92 Å². The lowest BCUT2D eigenvalue weighted by Crippen LogP contribution is -2.28. The first-order chi connectivity index (χ1) is 16.1. The topological polar surface area (TPSA) is 68.7 Å². The fourth-order valence-electron chi connectivity index (χ4n) is 4.85. The maximum Gasteiger partial charge on any atom is 0.337 e. The Morgan fingerprint density at radius 3 is 2.71 bits per heavy atom. The lowest BCUT2D eigenvalue weighted by Gasteiger charge is -2.29. The Morgan fingerprint density at radius 1 is 1.18 bits per heavy atom. The molecular formula is C28H26ClNO4. The van der Waals surface area contributed by atoms with Gasteiger partial charge in [0.15, 0.2) is 6.10 Å².